The van der Waals surface area contributed by atoms with Gasteiger partial charge in [-0.2, -0.15) is 0 Å². The molecule has 0 aliphatic rings. The van der Waals surface area contributed by atoms with Gasteiger partial charge in [0.15, 0.2) is 0 Å². The highest BCUT2D eigenvalue weighted by molar-refractivity contribution is 6.13. The number of fused-ring (bicyclic) bond motifs is 6. The van der Waals surface area contributed by atoms with Crippen LogP contribution in [0.4, 0.5) is 17.1 Å². The summed E-state index contributed by atoms with van der Waals surface area (Å²) in [6.45, 7) is 0. The molecule has 0 amide bonds. The Kier molecular flexibility index (Phi) is 6.81. The zero-order chi connectivity index (χ0) is 33.7. The first-order chi connectivity index (χ1) is 25.3. The van der Waals surface area contributed by atoms with Crippen molar-refractivity contribution < 1.29 is 8.83 Å². The van der Waals surface area contributed by atoms with E-state index in [4.69, 9.17) is 8.83 Å². The lowest BCUT2D eigenvalue weighted by Gasteiger charge is -2.26. The summed E-state index contributed by atoms with van der Waals surface area (Å²) in [6, 6.07) is 66.2. The maximum absolute atomic E-state index is 6.39. The van der Waals surface area contributed by atoms with Crippen LogP contribution in [-0.2, 0) is 0 Å². The van der Waals surface area contributed by atoms with E-state index >= 15 is 0 Å². The fourth-order valence-corrected chi connectivity index (χ4v) is 7.45. The number of anilines is 3. The highest BCUT2D eigenvalue weighted by atomic mass is 16.3. The van der Waals surface area contributed by atoms with Gasteiger partial charge in [0.05, 0.1) is 11.1 Å². The number of para-hydroxylation sites is 3. The minimum Gasteiger partial charge on any atom is -0.456 e. The highest BCUT2D eigenvalue weighted by Crippen LogP contribution is 2.44. The van der Waals surface area contributed by atoms with Crippen LogP contribution in [0.5, 0.6) is 0 Å². The third kappa shape index (κ3) is 4.98. The van der Waals surface area contributed by atoms with Gasteiger partial charge in [0.25, 0.3) is 0 Å². The van der Waals surface area contributed by atoms with E-state index in [-0.39, 0.29) is 0 Å². The number of furan rings is 2. The van der Waals surface area contributed by atoms with E-state index in [9.17, 15) is 0 Å². The Balaban J connectivity index is 1.10. The number of benzene rings is 8. The Morgan fingerprint density at radius 1 is 0.333 bits per heavy atom. The minimum atomic E-state index is 0.862. The first-order valence-electron chi connectivity index (χ1n) is 17.3. The topological polar surface area (TPSA) is 29.5 Å². The van der Waals surface area contributed by atoms with Crippen LogP contribution in [0.1, 0.15) is 0 Å². The largest absolute Gasteiger partial charge is 0.456 e. The first-order valence-corrected chi connectivity index (χ1v) is 17.3. The molecule has 2 heterocycles. The zero-order valence-electron chi connectivity index (χ0n) is 27.7. The molecule has 8 aromatic carbocycles. The fourth-order valence-electron chi connectivity index (χ4n) is 7.45. The van der Waals surface area contributed by atoms with Crippen molar-refractivity contribution >= 4 is 60.9 Å². The molecule has 2 aromatic heterocycles. The third-order valence-electron chi connectivity index (χ3n) is 9.89. The number of rotatable bonds is 6. The number of hydrogen-bond donors (Lipinski definition) is 0. The summed E-state index contributed by atoms with van der Waals surface area (Å²) >= 11 is 0. The van der Waals surface area contributed by atoms with Crippen molar-refractivity contribution in [3.8, 4) is 33.4 Å². The second kappa shape index (κ2) is 11.9. The second-order valence-electron chi connectivity index (χ2n) is 12.9. The lowest BCUT2D eigenvalue weighted by molar-refractivity contribution is 0.669. The first kappa shape index (κ1) is 29.1. The molecule has 0 radical (unpaired) electrons. The molecular formula is C48H31NO2. The van der Waals surface area contributed by atoms with Gasteiger partial charge in [-0.05, 0) is 82.4 Å². The Morgan fingerprint density at radius 3 is 1.61 bits per heavy atom. The molecule has 10 rings (SSSR count). The molecular weight excluding hydrogens is 623 g/mol. The molecule has 10 aromatic rings. The lowest BCUT2D eigenvalue weighted by atomic mass is 9.98. The Morgan fingerprint density at radius 2 is 0.863 bits per heavy atom. The van der Waals surface area contributed by atoms with Gasteiger partial charge in [-0.15, -0.1) is 0 Å². The molecule has 0 unspecified atom stereocenters. The summed E-state index contributed by atoms with van der Waals surface area (Å²) in [4.78, 5) is 2.33. The monoisotopic (exact) mass is 653 g/mol. The zero-order valence-corrected chi connectivity index (χ0v) is 27.7. The van der Waals surface area contributed by atoms with Crippen molar-refractivity contribution in [1.82, 2.24) is 0 Å². The van der Waals surface area contributed by atoms with E-state index in [1.807, 2.05) is 24.3 Å². The summed E-state index contributed by atoms with van der Waals surface area (Å²) in [5, 5.41) is 4.44. The van der Waals surface area contributed by atoms with Crippen LogP contribution in [0.25, 0.3) is 77.3 Å². The quantitative estimate of drug-likeness (QED) is 0.179. The molecule has 51 heavy (non-hydrogen) atoms. The molecule has 0 saturated carbocycles. The van der Waals surface area contributed by atoms with E-state index in [1.54, 1.807) is 0 Å². The molecule has 0 N–H and O–H groups in total. The Bertz CT molecular complexity index is 2840. The predicted molar refractivity (Wildman–Crippen MR) is 212 cm³/mol. The van der Waals surface area contributed by atoms with E-state index < -0.39 is 0 Å². The van der Waals surface area contributed by atoms with E-state index in [2.05, 4.69) is 169 Å². The second-order valence-corrected chi connectivity index (χ2v) is 12.9. The molecule has 0 spiro atoms. The van der Waals surface area contributed by atoms with Crippen molar-refractivity contribution in [1.29, 1.82) is 0 Å². The summed E-state index contributed by atoms with van der Waals surface area (Å²) in [7, 11) is 0. The average Bonchev–Trinajstić information content (AvgIpc) is 3.78. The van der Waals surface area contributed by atoms with Gasteiger partial charge < -0.3 is 13.7 Å². The van der Waals surface area contributed by atoms with E-state index in [0.29, 0.717) is 0 Å². The van der Waals surface area contributed by atoms with E-state index in [0.717, 1.165) is 77.6 Å². The van der Waals surface area contributed by atoms with Crippen LogP contribution in [0.3, 0.4) is 0 Å². The molecule has 3 heteroatoms. The predicted octanol–water partition coefficient (Wildman–Crippen LogP) is 14.0. The summed E-state index contributed by atoms with van der Waals surface area (Å²) in [5.74, 6) is 0. The SMILES string of the molecule is c1ccc(-c2cccc(-c3ccc(N(c4ccc(-c5cccc6c5oc5ccccc56)cc4)c4cccc5oc6ccccc6c45)cc3)c2)cc1. The van der Waals surface area contributed by atoms with Gasteiger partial charge in [0, 0.05) is 33.1 Å². The van der Waals surface area contributed by atoms with Gasteiger partial charge in [0.2, 0.25) is 0 Å². The highest BCUT2D eigenvalue weighted by Gasteiger charge is 2.20. The minimum absolute atomic E-state index is 0.862. The van der Waals surface area contributed by atoms with Crippen LogP contribution < -0.4 is 4.90 Å². The van der Waals surface area contributed by atoms with Gasteiger partial charge in [0.1, 0.15) is 22.3 Å². The maximum Gasteiger partial charge on any atom is 0.143 e. The normalized spacial score (nSPS) is 11.5. The standard InChI is InChI=1S/C48H31NO2/c1-2-11-32(12-3-1)35-13-8-14-36(31-35)33-23-27-37(28-24-33)49(43-19-10-22-46-47(43)42-16-5-7-21-45(42)50-46)38-29-25-34(26-30-38)39-17-9-18-41-40-15-4-6-20-44(40)51-48(39)41/h1-31H. The Hall–Kier alpha value is -6.84. The number of nitrogens with zero attached hydrogens (tertiary/aromatic N) is 1. The van der Waals surface area contributed by atoms with E-state index in [1.165, 1.54) is 16.7 Å². The van der Waals surface area contributed by atoms with Crippen molar-refractivity contribution in [3.63, 3.8) is 0 Å². The van der Waals surface area contributed by atoms with Gasteiger partial charge in [-0.25, -0.2) is 0 Å². The van der Waals surface area contributed by atoms with Gasteiger partial charge >= 0.3 is 0 Å². The lowest BCUT2D eigenvalue weighted by Crippen LogP contribution is -2.10. The molecule has 0 fully saturated rings. The van der Waals surface area contributed by atoms with Crippen LogP contribution in [0.2, 0.25) is 0 Å². The fraction of sp³-hybridized carbons (Fsp3) is 0. The van der Waals surface area contributed by atoms with Crippen molar-refractivity contribution in [2.45, 2.75) is 0 Å². The van der Waals surface area contributed by atoms with Crippen LogP contribution in [0.15, 0.2) is 197 Å². The van der Waals surface area contributed by atoms with Gasteiger partial charge in [-0.1, -0.05) is 133 Å². The summed E-state index contributed by atoms with van der Waals surface area (Å²) in [5.41, 5.74) is 13.7. The molecule has 0 bridgehead atoms. The molecule has 3 nitrogen and oxygen atoms in total. The number of hydrogen-bond acceptors (Lipinski definition) is 3. The van der Waals surface area contributed by atoms with Crippen LogP contribution >= 0.6 is 0 Å². The van der Waals surface area contributed by atoms with Crippen molar-refractivity contribution in [3.05, 3.63) is 188 Å². The average molecular weight is 654 g/mol. The molecule has 0 saturated heterocycles. The van der Waals surface area contributed by atoms with Crippen molar-refractivity contribution in [2.24, 2.45) is 0 Å². The van der Waals surface area contributed by atoms with Gasteiger partial charge in [-0.3, -0.25) is 0 Å². The summed E-state index contributed by atoms with van der Waals surface area (Å²) in [6.07, 6.45) is 0. The third-order valence-corrected chi connectivity index (χ3v) is 9.89. The smallest absolute Gasteiger partial charge is 0.143 e. The van der Waals surface area contributed by atoms with Crippen molar-refractivity contribution in [2.75, 3.05) is 4.90 Å². The molecule has 0 aliphatic carbocycles. The molecule has 240 valence electrons. The maximum atomic E-state index is 6.39. The van der Waals surface area contributed by atoms with Crippen LogP contribution in [0, 0.1) is 0 Å². The Labute approximate surface area is 295 Å². The molecule has 0 atom stereocenters. The molecule has 0 aliphatic heterocycles. The summed E-state index contributed by atoms with van der Waals surface area (Å²) < 4.78 is 12.7. The van der Waals surface area contributed by atoms with Crippen LogP contribution in [-0.4, -0.2) is 0 Å².